The van der Waals surface area contributed by atoms with E-state index in [0.29, 0.717) is 5.75 Å². The van der Waals surface area contributed by atoms with E-state index < -0.39 is 5.97 Å². The minimum atomic E-state index is -0.918. The highest BCUT2D eigenvalue weighted by molar-refractivity contribution is 8.00. The van der Waals surface area contributed by atoms with Gasteiger partial charge in [-0.2, -0.15) is 0 Å². The molecule has 0 bridgehead atoms. The van der Waals surface area contributed by atoms with Gasteiger partial charge in [-0.1, -0.05) is 54.4 Å². The maximum atomic E-state index is 10.9. The average molecular weight is 395 g/mol. The number of aliphatic carboxylic acids is 1. The smallest absolute Gasteiger partial charge is 0.329 e. The van der Waals surface area contributed by atoms with Crippen LogP contribution in [-0.4, -0.2) is 34.1 Å². The van der Waals surface area contributed by atoms with Crippen LogP contribution in [0.3, 0.4) is 0 Å². The van der Waals surface area contributed by atoms with Crippen molar-refractivity contribution in [3.05, 3.63) is 23.3 Å². The topological polar surface area (TPSA) is 66.8 Å². The third kappa shape index (κ3) is 5.89. The zero-order valence-electron chi connectivity index (χ0n) is 17.5. The van der Waals surface area contributed by atoms with E-state index >= 15 is 0 Å². The molecule has 1 saturated carbocycles. The van der Waals surface area contributed by atoms with E-state index in [4.69, 9.17) is 9.84 Å². The highest BCUT2D eigenvalue weighted by atomic mass is 32.2. The molecule has 1 fully saturated rings. The predicted molar refractivity (Wildman–Crippen MR) is 111 cm³/mol. The SMILES string of the molecule is CC(C)(C)c1cc(S[C@@H]2CCCC[C@H]2OCC(=O)O)cc(C(C)(C)C)c1O. The molecule has 0 aliphatic heterocycles. The molecule has 0 saturated heterocycles. The molecule has 1 aromatic carbocycles. The van der Waals surface area contributed by atoms with Crippen LogP contribution in [0.25, 0.3) is 0 Å². The quantitative estimate of drug-likeness (QED) is 0.691. The summed E-state index contributed by atoms with van der Waals surface area (Å²) in [6.45, 7) is 12.4. The van der Waals surface area contributed by atoms with Crippen molar-refractivity contribution in [2.45, 2.75) is 94.3 Å². The number of rotatable bonds is 5. The predicted octanol–water partition coefficient (Wildman–Crippen LogP) is 5.49. The molecule has 27 heavy (non-hydrogen) atoms. The fraction of sp³-hybridized carbons (Fsp3) is 0.682. The molecule has 5 heteroatoms. The molecule has 1 aliphatic carbocycles. The van der Waals surface area contributed by atoms with Crippen LogP contribution in [0.15, 0.2) is 17.0 Å². The lowest BCUT2D eigenvalue weighted by Gasteiger charge is -2.32. The number of phenolic OH excluding ortho intramolecular Hbond substituents is 1. The van der Waals surface area contributed by atoms with Crippen molar-refractivity contribution < 1.29 is 19.7 Å². The summed E-state index contributed by atoms with van der Waals surface area (Å²) in [5.74, 6) is -0.527. The summed E-state index contributed by atoms with van der Waals surface area (Å²) in [4.78, 5) is 12.0. The summed E-state index contributed by atoms with van der Waals surface area (Å²) >= 11 is 1.76. The monoisotopic (exact) mass is 394 g/mol. The summed E-state index contributed by atoms with van der Waals surface area (Å²) in [6, 6.07) is 4.19. The molecule has 152 valence electrons. The third-order valence-corrected chi connectivity index (χ3v) is 6.40. The summed E-state index contributed by atoms with van der Waals surface area (Å²) in [5, 5.41) is 20.1. The second-order valence-corrected chi connectivity index (χ2v) is 10.9. The lowest BCUT2D eigenvalue weighted by Crippen LogP contribution is -2.32. The van der Waals surface area contributed by atoms with E-state index in [1.165, 1.54) is 0 Å². The number of hydrogen-bond donors (Lipinski definition) is 2. The van der Waals surface area contributed by atoms with E-state index in [0.717, 1.165) is 41.7 Å². The van der Waals surface area contributed by atoms with Crippen molar-refractivity contribution in [1.82, 2.24) is 0 Å². The van der Waals surface area contributed by atoms with Crippen molar-refractivity contribution in [3.8, 4) is 5.75 Å². The van der Waals surface area contributed by atoms with Gasteiger partial charge in [0.15, 0.2) is 0 Å². The first-order valence-electron chi connectivity index (χ1n) is 9.77. The largest absolute Gasteiger partial charge is 0.507 e. The number of aromatic hydroxyl groups is 1. The van der Waals surface area contributed by atoms with Gasteiger partial charge in [-0.3, -0.25) is 0 Å². The van der Waals surface area contributed by atoms with Gasteiger partial charge in [0.2, 0.25) is 0 Å². The molecule has 0 amide bonds. The number of benzene rings is 1. The molecule has 0 spiro atoms. The Morgan fingerprint density at radius 2 is 1.59 bits per heavy atom. The summed E-state index contributed by atoms with van der Waals surface area (Å²) < 4.78 is 5.68. The van der Waals surface area contributed by atoms with Crippen molar-refractivity contribution >= 4 is 17.7 Å². The maximum Gasteiger partial charge on any atom is 0.329 e. The number of hydrogen-bond acceptors (Lipinski definition) is 4. The first kappa shape index (κ1) is 22.1. The molecule has 2 N–H and O–H groups in total. The molecular weight excluding hydrogens is 360 g/mol. The summed E-state index contributed by atoms with van der Waals surface area (Å²) in [6.07, 6.45) is 4.11. The van der Waals surface area contributed by atoms with Crippen LogP contribution in [0.5, 0.6) is 5.75 Å². The van der Waals surface area contributed by atoms with E-state index in [-0.39, 0.29) is 28.8 Å². The Balaban J connectivity index is 2.35. The molecule has 2 atom stereocenters. The van der Waals surface area contributed by atoms with Gasteiger partial charge in [0.25, 0.3) is 0 Å². The highest BCUT2D eigenvalue weighted by Crippen LogP contribution is 2.44. The lowest BCUT2D eigenvalue weighted by atomic mass is 9.79. The van der Waals surface area contributed by atoms with Crippen molar-refractivity contribution in [2.24, 2.45) is 0 Å². The van der Waals surface area contributed by atoms with E-state index in [9.17, 15) is 9.90 Å². The van der Waals surface area contributed by atoms with Crippen LogP contribution in [0.1, 0.15) is 78.4 Å². The van der Waals surface area contributed by atoms with Crippen molar-refractivity contribution in [2.75, 3.05) is 6.61 Å². The molecule has 4 nitrogen and oxygen atoms in total. The van der Waals surface area contributed by atoms with Gasteiger partial charge in [-0.05, 0) is 35.8 Å². The van der Waals surface area contributed by atoms with Crippen LogP contribution in [0.4, 0.5) is 0 Å². The molecule has 0 aromatic heterocycles. The normalized spacial score (nSPS) is 21.3. The first-order valence-corrected chi connectivity index (χ1v) is 10.7. The van der Waals surface area contributed by atoms with Gasteiger partial charge in [0.05, 0.1) is 6.10 Å². The molecule has 1 aliphatic rings. The molecular formula is C22H34O4S. The van der Waals surface area contributed by atoms with E-state index in [1.54, 1.807) is 11.8 Å². The molecule has 2 rings (SSSR count). The van der Waals surface area contributed by atoms with Gasteiger partial charge < -0.3 is 14.9 Å². The van der Waals surface area contributed by atoms with Crippen LogP contribution in [0.2, 0.25) is 0 Å². The van der Waals surface area contributed by atoms with Crippen LogP contribution in [0, 0.1) is 0 Å². The molecule has 0 heterocycles. The minimum Gasteiger partial charge on any atom is -0.507 e. The molecule has 0 unspecified atom stereocenters. The van der Waals surface area contributed by atoms with Gasteiger partial charge in [-0.25, -0.2) is 4.79 Å². The minimum absolute atomic E-state index is 0.0372. The van der Waals surface area contributed by atoms with Gasteiger partial charge in [0.1, 0.15) is 12.4 Å². The van der Waals surface area contributed by atoms with Crippen LogP contribution >= 0.6 is 11.8 Å². The number of phenols is 1. The molecule has 1 aromatic rings. The fourth-order valence-electron chi connectivity index (χ4n) is 3.56. The van der Waals surface area contributed by atoms with Crippen LogP contribution in [-0.2, 0) is 20.4 Å². The first-order chi connectivity index (χ1) is 12.4. The van der Waals surface area contributed by atoms with Crippen molar-refractivity contribution in [3.63, 3.8) is 0 Å². The zero-order chi connectivity index (χ0) is 20.4. The fourth-order valence-corrected chi connectivity index (χ4v) is 4.93. The second kappa shape index (κ2) is 8.44. The summed E-state index contributed by atoms with van der Waals surface area (Å²) in [7, 11) is 0. The molecule has 0 radical (unpaired) electrons. The van der Waals surface area contributed by atoms with Crippen molar-refractivity contribution in [1.29, 1.82) is 0 Å². The zero-order valence-corrected chi connectivity index (χ0v) is 18.3. The Bertz CT molecular complexity index is 635. The van der Waals surface area contributed by atoms with Gasteiger partial charge in [0, 0.05) is 21.3 Å². The Morgan fingerprint density at radius 3 is 2.07 bits per heavy atom. The average Bonchev–Trinajstić information content (AvgIpc) is 2.53. The Morgan fingerprint density at radius 1 is 1.07 bits per heavy atom. The Labute approximate surface area is 167 Å². The van der Waals surface area contributed by atoms with Gasteiger partial charge >= 0.3 is 5.97 Å². The number of carbonyl (C=O) groups is 1. The standard InChI is InChI=1S/C22H34O4S/c1-21(2,3)15-11-14(12-16(20(15)25)22(4,5)6)27-18-10-8-7-9-17(18)26-13-19(23)24/h11-12,17-18,25H,7-10,13H2,1-6H3,(H,23,24)/t17-,18-/m1/s1. The Kier molecular flexibility index (Phi) is 6.91. The highest BCUT2D eigenvalue weighted by Gasteiger charge is 2.30. The van der Waals surface area contributed by atoms with Gasteiger partial charge in [-0.15, -0.1) is 11.8 Å². The third-order valence-electron chi connectivity index (χ3n) is 5.05. The van der Waals surface area contributed by atoms with E-state index in [2.05, 4.69) is 53.7 Å². The summed E-state index contributed by atoms with van der Waals surface area (Å²) in [5.41, 5.74) is 1.59. The number of carboxylic acids is 1. The van der Waals surface area contributed by atoms with E-state index in [1.807, 2.05) is 0 Å². The lowest BCUT2D eigenvalue weighted by molar-refractivity contribution is -0.144. The number of thioether (sulfide) groups is 1. The number of carboxylic acid groups (broad SMARTS) is 1. The maximum absolute atomic E-state index is 10.9. The second-order valence-electron chi connectivity index (χ2n) is 9.55. The Hall–Kier alpha value is -1.20. The number of ether oxygens (including phenoxy) is 1. The van der Waals surface area contributed by atoms with Crippen LogP contribution < -0.4 is 0 Å².